The van der Waals surface area contributed by atoms with Gasteiger partial charge in [0.1, 0.15) is 0 Å². The fourth-order valence-electron chi connectivity index (χ4n) is 3.78. The summed E-state index contributed by atoms with van der Waals surface area (Å²) in [7, 11) is 0. The van der Waals surface area contributed by atoms with E-state index in [1.807, 2.05) is 6.07 Å². The van der Waals surface area contributed by atoms with E-state index < -0.39 is 0 Å². The SMILES string of the molecule is CCN1c2ccc(C=Nc3ccc(C)c([N+](=O)[O-])c3)cc2C(C)=CC1(C)C. The fourth-order valence-corrected chi connectivity index (χ4v) is 3.78. The molecule has 0 bridgehead atoms. The molecular weight excluding hydrogens is 338 g/mol. The first kappa shape index (κ1) is 18.8. The van der Waals surface area contributed by atoms with Gasteiger partial charge in [-0.05, 0) is 64.0 Å². The zero-order valence-electron chi connectivity index (χ0n) is 16.5. The van der Waals surface area contributed by atoms with E-state index in [2.05, 4.69) is 55.8 Å². The summed E-state index contributed by atoms with van der Waals surface area (Å²) in [6.45, 7) is 11.4. The molecule has 1 aliphatic heterocycles. The maximum absolute atomic E-state index is 11.1. The Labute approximate surface area is 160 Å². The van der Waals surface area contributed by atoms with Crippen LogP contribution >= 0.6 is 0 Å². The van der Waals surface area contributed by atoms with Crippen molar-refractivity contribution in [2.75, 3.05) is 11.4 Å². The molecule has 2 aromatic rings. The summed E-state index contributed by atoms with van der Waals surface area (Å²) < 4.78 is 0. The highest BCUT2D eigenvalue weighted by molar-refractivity contribution is 5.88. The van der Waals surface area contributed by atoms with E-state index in [1.54, 1.807) is 25.3 Å². The lowest BCUT2D eigenvalue weighted by atomic mass is 9.88. The average Bonchev–Trinajstić information content (AvgIpc) is 2.60. The largest absolute Gasteiger partial charge is 0.363 e. The topological polar surface area (TPSA) is 58.7 Å². The van der Waals surface area contributed by atoms with E-state index in [-0.39, 0.29) is 16.1 Å². The predicted octanol–water partition coefficient (Wildman–Crippen LogP) is 5.68. The molecule has 0 saturated carbocycles. The first-order valence-electron chi connectivity index (χ1n) is 9.13. The van der Waals surface area contributed by atoms with Gasteiger partial charge in [-0.15, -0.1) is 0 Å². The number of rotatable bonds is 4. The maximum atomic E-state index is 11.1. The monoisotopic (exact) mass is 363 g/mol. The van der Waals surface area contributed by atoms with Gasteiger partial charge in [-0.3, -0.25) is 15.1 Å². The first-order chi connectivity index (χ1) is 12.7. The van der Waals surface area contributed by atoms with Crippen LogP contribution in [0.25, 0.3) is 5.57 Å². The summed E-state index contributed by atoms with van der Waals surface area (Å²) in [5, 5.41) is 11.1. The van der Waals surface area contributed by atoms with Crippen LogP contribution in [0.4, 0.5) is 17.1 Å². The van der Waals surface area contributed by atoms with Gasteiger partial charge in [-0.2, -0.15) is 0 Å². The van der Waals surface area contributed by atoms with Gasteiger partial charge in [-0.1, -0.05) is 18.2 Å². The van der Waals surface area contributed by atoms with Gasteiger partial charge in [0, 0.05) is 35.6 Å². The number of likely N-dealkylation sites (N-methyl/N-ethyl adjacent to an activating group) is 1. The summed E-state index contributed by atoms with van der Waals surface area (Å²) >= 11 is 0. The Hall–Kier alpha value is -2.95. The molecule has 0 atom stereocenters. The molecule has 0 spiro atoms. The van der Waals surface area contributed by atoms with Crippen molar-refractivity contribution < 1.29 is 4.92 Å². The molecule has 1 heterocycles. The average molecular weight is 363 g/mol. The van der Waals surface area contributed by atoms with Gasteiger partial charge in [0.25, 0.3) is 5.69 Å². The lowest BCUT2D eigenvalue weighted by molar-refractivity contribution is -0.385. The Morgan fingerprint density at radius 3 is 2.59 bits per heavy atom. The Morgan fingerprint density at radius 1 is 1.19 bits per heavy atom. The third-order valence-corrected chi connectivity index (χ3v) is 5.07. The number of hydrogen-bond acceptors (Lipinski definition) is 4. The van der Waals surface area contributed by atoms with Crippen molar-refractivity contribution in [3.8, 4) is 0 Å². The second-order valence-electron chi connectivity index (χ2n) is 7.49. The van der Waals surface area contributed by atoms with Crippen LogP contribution in [0.5, 0.6) is 0 Å². The zero-order chi connectivity index (χ0) is 19.8. The van der Waals surface area contributed by atoms with Crippen molar-refractivity contribution in [1.82, 2.24) is 0 Å². The quantitative estimate of drug-likeness (QED) is 0.399. The molecule has 0 radical (unpaired) electrons. The highest BCUT2D eigenvalue weighted by Crippen LogP contribution is 2.38. The number of nitro benzene ring substituents is 1. The van der Waals surface area contributed by atoms with Crippen molar-refractivity contribution in [1.29, 1.82) is 0 Å². The minimum atomic E-state index is -0.373. The molecule has 2 aromatic carbocycles. The van der Waals surface area contributed by atoms with Crippen molar-refractivity contribution in [2.24, 2.45) is 4.99 Å². The Kier molecular flexibility index (Phi) is 4.87. The minimum Gasteiger partial charge on any atom is -0.363 e. The molecule has 0 N–H and O–H groups in total. The molecule has 0 unspecified atom stereocenters. The number of nitro groups is 1. The smallest absolute Gasteiger partial charge is 0.274 e. The van der Waals surface area contributed by atoms with Crippen molar-refractivity contribution >= 4 is 28.8 Å². The molecule has 3 rings (SSSR count). The summed E-state index contributed by atoms with van der Waals surface area (Å²) in [5.41, 5.74) is 5.95. The van der Waals surface area contributed by atoms with E-state index in [9.17, 15) is 10.1 Å². The van der Waals surface area contributed by atoms with Crippen LogP contribution < -0.4 is 4.90 Å². The zero-order valence-corrected chi connectivity index (χ0v) is 16.5. The van der Waals surface area contributed by atoms with Gasteiger partial charge < -0.3 is 4.90 Å². The molecule has 140 valence electrons. The summed E-state index contributed by atoms with van der Waals surface area (Å²) in [4.78, 5) is 17.6. The van der Waals surface area contributed by atoms with Crippen LogP contribution in [0, 0.1) is 17.0 Å². The number of aliphatic imine (C=N–C) groups is 1. The number of allylic oxidation sites excluding steroid dienone is 1. The number of benzene rings is 2. The Bertz CT molecular complexity index is 958. The van der Waals surface area contributed by atoms with E-state index in [0.717, 1.165) is 12.1 Å². The highest BCUT2D eigenvalue weighted by Gasteiger charge is 2.29. The molecule has 0 aromatic heterocycles. The standard InChI is InChI=1S/C22H25N3O2/c1-6-24-20-10-8-17(11-19(20)16(3)13-22(24,4)5)14-23-18-9-7-15(2)21(12-18)25(26)27/h7-14H,6H2,1-5H3. The summed E-state index contributed by atoms with van der Waals surface area (Å²) in [5.74, 6) is 0. The van der Waals surface area contributed by atoms with Crippen molar-refractivity contribution in [2.45, 2.75) is 40.2 Å². The van der Waals surface area contributed by atoms with Gasteiger partial charge >= 0.3 is 0 Å². The van der Waals surface area contributed by atoms with Crippen LogP contribution in [0.3, 0.4) is 0 Å². The first-order valence-corrected chi connectivity index (χ1v) is 9.13. The van der Waals surface area contributed by atoms with Crippen LogP contribution in [0.15, 0.2) is 47.5 Å². The van der Waals surface area contributed by atoms with Crippen molar-refractivity contribution in [3.05, 3.63) is 69.3 Å². The molecule has 5 heteroatoms. The normalized spacial score (nSPS) is 15.6. The molecular formula is C22H25N3O2. The molecule has 5 nitrogen and oxygen atoms in total. The van der Waals surface area contributed by atoms with Crippen LogP contribution in [-0.4, -0.2) is 23.2 Å². The predicted molar refractivity (Wildman–Crippen MR) is 112 cm³/mol. The molecule has 0 aliphatic carbocycles. The van der Waals surface area contributed by atoms with Gasteiger partial charge in [0.15, 0.2) is 0 Å². The Morgan fingerprint density at radius 2 is 1.93 bits per heavy atom. The third-order valence-electron chi connectivity index (χ3n) is 5.07. The summed E-state index contributed by atoms with van der Waals surface area (Å²) in [6.07, 6.45) is 4.06. The maximum Gasteiger partial charge on any atom is 0.274 e. The molecule has 27 heavy (non-hydrogen) atoms. The van der Waals surface area contributed by atoms with E-state index in [4.69, 9.17) is 0 Å². The second kappa shape index (κ2) is 6.99. The van der Waals surface area contributed by atoms with Crippen LogP contribution in [0.2, 0.25) is 0 Å². The Balaban J connectivity index is 1.95. The van der Waals surface area contributed by atoms with Crippen LogP contribution in [-0.2, 0) is 0 Å². The third kappa shape index (κ3) is 3.63. The number of aryl methyl sites for hydroxylation is 1. The summed E-state index contributed by atoms with van der Waals surface area (Å²) in [6, 6.07) is 11.3. The van der Waals surface area contributed by atoms with Crippen molar-refractivity contribution in [3.63, 3.8) is 0 Å². The lowest BCUT2D eigenvalue weighted by Crippen LogP contribution is -2.44. The molecule has 0 saturated heterocycles. The van der Waals surface area contributed by atoms with Crippen LogP contribution in [0.1, 0.15) is 44.4 Å². The molecule has 0 fully saturated rings. The number of nitrogens with zero attached hydrogens (tertiary/aromatic N) is 3. The van der Waals surface area contributed by atoms with Gasteiger partial charge in [-0.25, -0.2) is 0 Å². The van der Waals surface area contributed by atoms with E-state index in [0.29, 0.717) is 11.3 Å². The lowest BCUT2D eigenvalue weighted by Gasteiger charge is -2.42. The molecule has 1 aliphatic rings. The van der Waals surface area contributed by atoms with E-state index in [1.165, 1.54) is 22.9 Å². The number of fused-ring (bicyclic) bond motifs is 1. The van der Waals surface area contributed by atoms with E-state index >= 15 is 0 Å². The highest BCUT2D eigenvalue weighted by atomic mass is 16.6. The fraction of sp³-hybridized carbons (Fsp3) is 0.318. The number of anilines is 1. The molecule has 0 amide bonds. The minimum absolute atomic E-state index is 0.0116. The number of hydrogen-bond donors (Lipinski definition) is 0. The second-order valence-corrected chi connectivity index (χ2v) is 7.49. The van der Waals surface area contributed by atoms with Gasteiger partial charge in [0.05, 0.1) is 16.1 Å². The van der Waals surface area contributed by atoms with Gasteiger partial charge in [0.2, 0.25) is 0 Å².